The van der Waals surface area contributed by atoms with Gasteiger partial charge in [-0.1, -0.05) is 0 Å². The Labute approximate surface area is 107 Å². The molecule has 0 bridgehead atoms. The predicted molar refractivity (Wildman–Crippen MR) is 71.9 cm³/mol. The van der Waals surface area contributed by atoms with E-state index >= 15 is 0 Å². The van der Waals surface area contributed by atoms with Crippen LogP contribution >= 0.6 is 0 Å². The largest absolute Gasteiger partial charge is 0.395 e. The number of pyridine rings is 1. The van der Waals surface area contributed by atoms with Crippen LogP contribution < -0.4 is 21.8 Å². The lowest BCUT2D eigenvalue weighted by Crippen LogP contribution is -2.25. The Morgan fingerprint density at radius 3 is 2.68 bits per heavy atom. The molecule has 6 nitrogen and oxygen atoms in total. The second-order valence-electron chi connectivity index (χ2n) is 3.93. The smallest absolute Gasteiger partial charge is 0.256 e. The number of carbonyl (C=O) groups is 1. The molecule has 0 radical (unpaired) electrons. The number of nitrogens with one attached hydrogen (secondary N) is 3. The molecule has 0 unspecified atom stereocenters. The molecule has 0 aliphatic heterocycles. The van der Waals surface area contributed by atoms with Gasteiger partial charge in [-0.2, -0.15) is 0 Å². The maximum Gasteiger partial charge on any atom is 0.256 e. The zero-order chi connectivity index (χ0) is 14.2. The van der Waals surface area contributed by atoms with Gasteiger partial charge >= 0.3 is 0 Å². The van der Waals surface area contributed by atoms with Gasteiger partial charge in [-0.25, -0.2) is 4.39 Å². The van der Waals surface area contributed by atoms with Crippen LogP contribution in [0.2, 0.25) is 0 Å². The van der Waals surface area contributed by atoms with Crippen LogP contribution in [0.15, 0.2) is 17.1 Å². The van der Waals surface area contributed by atoms with Crippen LogP contribution in [0.1, 0.15) is 10.4 Å². The van der Waals surface area contributed by atoms with E-state index in [2.05, 4.69) is 15.6 Å². The predicted octanol–water partition coefficient (Wildman–Crippen LogP) is 0.651. The first-order chi connectivity index (χ1) is 9.01. The Kier molecular flexibility index (Phi) is 3.12. The summed E-state index contributed by atoms with van der Waals surface area (Å²) in [4.78, 5) is 26.4. The Hall–Kier alpha value is -2.57. The number of H-pyrrole nitrogens is 1. The summed E-state index contributed by atoms with van der Waals surface area (Å²) in [5.74, 6) is -1.19. The van der Waals surface area contributed by atoms with Gasteiger partial charge in [0.1, 0.15) is 11.4 Å². The number of fused-ring (bicyclic) bond motifs is 1. The molecule has 0 saturated carbocycles. The number of carbonyl (C=O) groups excluding carboxylic acids is 1. The van der Waals surface area contributed by atoms with Crippen LogP contribution in [-0.2, 0) is 0 Å². The molecule has 1 amide bonds. The average molecular weight is 264 g/mol. The molecule has 0 aliphatic carbocycles. The highest BCUT2D eigenvalue weighted by molar-refractivity contribution is 6.01. The fourth-order valence-corrected chi connectivity index (χ4v) is 1.92. The van der Waals surface area contributed by atoms with Crippen molar-refractivity contribution in [3.63, 3.8) is 0 Å². The summed E-state index contributed by atoms with van der Waals surface area (Å²) in [5.41, 5.74) is 5.62. The van der Waals surface area contributed by atoms with Gasteiger partial charge in [-0.3, -0.25) is 9.59 Å². The molecule has 19 heavy (non-hydrogen) atoms. The number of halogens is 1. The lowest BCUT2D eigenvalue weighted by molar-refractivity contribution is 0.0962. The van der Waals surface area contributed by atoms with Gasteiger partial charge in [0, 0.05) is 20.3 Å². The van der Waals surface area contributed by atoms with Gasteiger partial charge in [-0.05, 0) is 6.07 Å². The molecule has 0 spiro atoms. The first-order valence-corrected chi connectivity index (χ1v) is 5.54. The fourth-order valence-electron chi connectivity index (χ4n) is 1.92. The maximum absolute atomic E-state index is 13.8. The number of nitrogens with two attached hydrogens (primary N) is 1. The minimum absolute atomic E-state index is 0.0371. The third-order valence-corrected chi connectivity index (χ3v) is 2.89. The fraction of sp³-hybridized carbons (Fsp3) is 0.167. The van der Waals surface area contributed by atoms with E-state index in [1.165, 1.54) is 20.3 Å². The maximum atomic E-state index is 13.8. The summed E-state index contributed by atoms with van der Waals surface area (Å²) < 4.78 is 13.8. The number of hydrogen-bond donors (Lipinski definition) is 4. The summed E-state index contributed by atoms with van der Waals surface area (Å²) in [7, 11) is 2.93. The van der Waals surface area contributed by atoms with Crippen molar-refractivity contribution in [3.05, 3.63) is 33.9 Å². The number of rotatable bonds is 2. The van der Waals surface area contributed by atoms with Gasteiger partial charge in [0.05, 0.1) is 22.3 Å². The van der Waals surface area contributed by atoms with Gasteiger partial charge < -0.3 is 21.4 Å². The summed E-state index contributed by atoms with van der Waals surface area (Å²) in [6.07, 6.45) is 1.26. The van der Waals surface area contributed by atoms with Gasteiger partial charge in [0.15, 0.2) is 0 Å². The third-order valence-electron chi connectivity index (χ3n) is 2.89. The first kappa shape index (κ1) is 12.9. The van der Waals surface area contributed by atoms with Gasteiger partial charge in [0.25, 0.3) is 5.91 Å². The summed E-state index contributed by atoms with van der Waals surface area (Å²) >= 11 is 0. The Morgan fingerprint density at radius 1 is 1.42 bits per heavy atom. The van der Waals surface area contributed by atoms with E-state index in [0.29, 0.717) is 5.52 Å². The highest BCUT2D eigenvalue weighted by atomic mass is 19.1. The zero-order valence-corrected chi connectivity index (χ0v) is 10.4. The quantitative estimate of drug-likeness (QED) is 0.598. The molecule has 100 valence electrons. The highest BCUT2D eigenvalue weighted by Gasteiger charge is 2.16. The molecular weight excluding hydrogens is 251 g/mol. The lowest BCUT2D eigenvalue weighted by atomic mass is 10.1. The highest BCUT2D eigenvalue weighted by Crippen LogP contribution is 2.28. The van der Waals surface area contributed by atoms with E-state index in [1.54, 1.807) is 0 Å². The van der Waals surface area contributed by atoms with Crippen molar-refractivity contribution in [1.29, 1.82) is 0 Å². The van der Waals surface area contributed by atoms with Gasteiger partial charge in [0.2, 0.25) is 5.43 Å². The minimum Gasteiger partial charge on any atom is -0.395 e. The van der Waals surface area contributed by atoms with Crippen molar-refractivity contribution in [1.82, 2.24) is 10.3 Å². The first-order valence-electron chi connectivity index (χ1n) is 5.54. The number of nitrogen functional groups attached to an aromatic ring is 1. The number of hydrogen-bond acceptors (Lipinski definition) is 4. The van der Waals surface area contributed by atoms with Crippen LogP contribution in [0.25, 0.3) is 10.9 Å². The zero-order valence-electron chi connectivity index (χ0n) is 10.4. The van der Waals surface area contributed by atoms with Crippen LogP contribution in [0, 0.1) is 5.82 Å². The molecule has 0 saturated heterocycles. The SMILES string of the molecule is CNC(=O)c1c[nH]c2c(N)c(NC)c(F)cc2c1=O. The van der Waals surface area contributed by atoms with Crippen LogP contribution in [0.5, 0.6) is 0 Å². The monoisotopic (exact) mass is 264 g/mol. The molecule has 0 atom stereocenters. The molecular formula is C12H13FN4O2. The summed E-state index contributed by atoms with van der Waals surface area (Å²) in [6.45, 7) is 0. The Morgan fingerprint density at radius 2 is 2.11 bits per heavy atom. The molecule has 7 heteroatoms. The molecule has 0 aliphatic rings. The Bertz CT molecular complexity index is 724. The van der Waals surface area contributed by atoms with Crippen molar-refractivity contribution < 1.29 is 9.18 Å². The van der Waals surface area contributed by atoms with E-state index in [4.69, 9.17) is 5.73 Å². The van der Waals surface area contributed by atoms with E-state index in [9.17, 15) is 14.0 Å². The topological polar surface area (TPSA) is 100 Å². The van der Waals surface area contributed by atoms with E-state index in [1.807, 2.05) is 0 Å². The van der Waals surface area contributed by atoms with E-state index < -0.39 is 17.2 Å². The van der Waals surface area contributed by atoms with Crippen molar-refractivity contribution >= 4 is 28.2 Å². The standard InChI is InChI=1S/C12H13FN4O2/c1-15-10-7(13)3-5-9(8(10)14)17-4-6(11(5)18)12(19)16-2/h3-4,15H,14H2,1-2H3,(H,16,19)(H,17,18). The number of anilines is 2. The van der Waals surface area contributed by atoms with Crippen LogP contribution in [0.3, 0.4) is 0 Å². The van der Waals surface area contributed by atoms with E-state index in [0.717, 1.165) is 6.07 Å². The van der Waals surface area contributed by atoms with Crippen LogP contribution in [0.4, 0.5) is 15.8 Å². The van der Waals surface area contributed by atoms with Crippen LogP contribution in [-0.4, -0.2) is 25.0 Å². The number of aromatic nitrogens is 1. The summed E-state index contributed by atoms with van der Waals surface area (Å²) in [5, 5.41) is 5.00. The molecule has 1 heterocycles. The molecule has 2 aromatic rings. The van der Waals surface area contributed by atoms with Crippen molar-refractivity contribution in [3.8, 4) is 0 Å². The van der Waals surface area contributed by atoms with Crippen molar-refractivity contribution in [2.24, 2.45) is 0 Å². The van der Waals surface area contributed by atoms with Crippen molar-refractivity contribution in [2.75, 3.05) is 25.1 Å². The normalized spacial score (nSPS) is 10.5. The molecule has 0 fully saturated rings. The molecule has 5 N–H and O–H groups in total. The second-order valence-corrected chi connectivity index (χ2v) is 3.93. The van der Waals surface area contributed by atoms with Crippen molar-refractivity contribution in [2.45, 2.75) is 0 Å². The number of aromatic amines is 1. The molecule has 2 rings (SSSR count). The number of benzene rings is 1. The molecule has 1 aromatic carbocycles. The summed E-state index contributed by atoms with van der Waals surface area (Å²) in [6, 6.07) is 1.06. The lowest BCUT2D eigenvalue weighted by Gasteiger charge is -2.10. The molecule has 1 aromatic heterocycles. The van der Waals surface area contributed by atoms with Gasteiger partial charge in [-0.15, -0.1) is 0 Å². The average Bonchev–Trinajstić information content (AvgIpc) is 2.40. The minimum atomic E-state index is -0.646. The number of amides is 1. The Balaban J connectivity index is 2.86. The third kappa shape index (κ3) is 1.88. The second kappa shape index (κ2) is 4.60. The van der Waals surface area contributed by atoms with E-state index in [-0.39, 0.29) is 22.3 Å².